The summed E-state index contributed by atoms with van der Waals surface area (Å²) < 4.78 is 2.37. The molecule has 0 amide bonds. The molecule has 3 aromatic rings. The van der Waals surface area contributed by atoms with E-state index in [1.54, 1.807) is 22.5 Å². The minimum atomic E-state index is 0.349. The normalized spacial score (nSPS) is 11.1. The lowest BCUT2D eigenvalue weighted by molar-refractivity contribution is 0.862. The topological polar surface area (TPSA) is 43.1 Å². The minimum absolute atomic E-state index is 0.349. The molecule has 0 bridgehead atoms. The fraction of sp³-hybridized carbons (Fsp3) is 0.0833. The third kappa shape index (κ3) is 2.75. The zero-order valence-corrected chi connectivity index (χ0v) is 12.8. The van der Waals surface area contributed by atoms with Gasteiger partial charge in [0.25, 0.3) is 0 Å². The van der Waals surface area contributed by atoms with Crippen molar-refractivity contribution in [3.63, 3.8) is 0 Å². The zero-order chi connectivity index (χ0) is 13.2. The highest BCUT2D eigenvalue weighted by Crippen LogP contribution is 2.24. The smallest absolute Gasteiger partial charge is 0.209 e. The molecule has 0 radical (unpaired) electrons. The van der Waals surface area contributed by atoms with Gasteiger partial charge in [-0.1, -0.05) is 53.7 Å². The van der Waals surface area contributed by atoms with E-state index < -0.39 is 0 Å². The molecule has 0 saturated carbocycles. The average molecular weight is 356 g/mol. The van der Waals surface area contributed by atoms with Gasteiger partial charge in [-0.2, -0.15) is 4.98 Å². The SMILES string of the molecule is Clc1ncc(Br)n2nc(SCc3ccccc3)nc12. The Morgan fingerprint density at radius 3 is 2.79 bits per heavy atom. The molecule has 0 aliphatic heterocycles. The van der Waals surface area contributed by atoms with Gasteiger partial charge in [-0.3, -0.25) is 0 Å². The van der Waals surface area contributed by atoms with E-state index in [1.807, 2.05) is 18.2 Å². The lowest BCUT2D eigenvalue weighted by Crippen LogP contribution is -1.92. The van der Waals surface area contributed by atoms with Crippen molar-refractivity contribution in [2.75, 3.05) is 0 Å². The molecular formula is C12H8BrClN4S. The fourth-order valence-electron chi connectivity index (χ4n) is 1.58. The largest absolute Gasteiger partial charge is 0.238 e. The molecule has 0 aliphatic carbocycles. The van der Waals surface area contributed by atoms with Crippen molar-refractivity contribution in [2.45, 2.75) is 10.9 Å². The molecule has 7 heteroatoms. The van der Waals surface area contributed by atoms with Crippen molar-refractivity contribution in [3.8, 4) is 0 Å². The van der Waals surface area contributed by atoms with Crippen LogP contribution in [0.3, 0.4) is 0 Å². The molecule has 0 atom stereocenters. The Morgan fingerprint density at radius 1 is 1.26 bits per heavy atom. The Hall–Kier alpha value is -1.11. The van der Waals surface area contributed by atoms with Crippen LogP contribution in [-0.4, -0.2) is 19.6 Å². The van der Waals surface area contributed by atoms with Gasteiger partial charge in [-0.05, 0) is 21.5 Å². The molecule has 2 aromatic heterocycles. The molecule has 19 heavy (non-hydrogen) atoms. The van der Waals surface area contributed by atoms with E-state index in [1.165, 1.54) is 5.56 Å². The van der Waals surface area contributed by atoms with Gasteiger partial charge in [0.1, 0.15) is 4.60 Å². The molecular weight excluding hydrogens is 348 g/mol. The highest BCUT2D eigenvalue weighted by Gasteiger charge is 2.11. The Balaban J connectivity index is 1.86. The zero-order valence-electron chi connectivity index (χ0n) is 9.62. The molecule has 0 spiro atoms. The van der Waals surface area contributed by atoms with E-state index in [9.17, 15) is 0 Å². The summed E-state index contributed by atoms with van der Waals surface area (Å²) in [5, 5.41) is 5.41. The average Bonchev–Trinajstić information content (AvgIpc) is 2.87. The molecule has 0 saturated heterocycles. The third-order valence-corrected chi connectivity index (χ3v) is 4.19. The standard InChI is InChI=1S/C12H8BrClN4S/c13-9-6-15-10(14)11-16-12(17-18(9)11)19-7-8-4-2-1-3-5-8/h1-6H,7H2. The van der Waals surface area contributed by atoms with Crippen LogP contribution in [-0.2, 0) is 5.75 Å². The predicted molar refractivity (Wildman–Crippen MR) is 79.5 cm³/mol. The van der Waals surface area contributed by atoms with E-state index >= 15 is 0 Å². The van der Waals surface area contributed by atoms with Gasteiger partial charge >= 0.3 is 0 Å². The number of benzene rings is 1. The number of aromatic nitrogens is 4. The van der Waals surface area contributed by atoms with Crippen LogP contribution in [0.5, 0.6) is 0 Å². The van der Waals surface area contributed by atoms with Gasteiger partial charge in [-0.15, -0.1) is 5.10 Å². The maximum Gasteiger partial charge on any atom is 0.209 e. The van der Waals surface area contributed by atoms with Crippen LogP contribution >= 0.6 is 39.3 Å². The monoisotopic (exact) mass is 354 g/mol. The van der Waals surface area contributed by atoms with Gasteiger partial charge in [0, 0.05) is 5.75 Å². The van der Waals surface area contributed by atoms with Crippen molar-refractivity contribution >= 4 is 44.9 Å². The summed E-state index contributed by atoms with van der Waals surface area (Å²) in [6.45, 7) is 0. The number of hydrogen-bond donors (Lipinski definition) is 0. The molecule has 0 aliphatic rings. The van der Waals surface area contributed by atoms with E-state index in [4.69, 9.17) is 11.6 Å². The van der Waals surface area contributed by atoms with E-state index in [2.05, 4.69) is 43.1 Å². The first kappa shape index (κ1) is 12.9. The lowest BCUT2D eigenvalue weighted by Gasteiger charge is -1.96. The van der Waals surface area contributed by atoms with E-state index in [0.29, 0.717) is 16.0 Å². The first-order valence-electron chi connectivity index (χ1n) is 5.47. The summed E-state index contributed by atoms with van der Waals surface area (Å²) in [4.78, 5) is 8.40. The lowest BCUT2D eigenvalue weighted by atomic mass is 10.2. The summed E-state index contributed by atoms with van der Waals surface area (Å²) in [7, 11) is 0. The third-order valence-electron chi connectivity index (χ3n) is 2.47. The van der Waals surface area contributed by atoms with Crippen molar-refractivity contribution < 1.29 is 0 Å². The number of nitrogens with zero attached hydrogens (tertiary/aromatic N) is 4. The Labute approximate surface area is 127 Å². The summed E-state index contributed by atoms with van der Waals surface area (Å²) in [6.07, 6.45) is 1.61. The number of thioether (sulfide) groups is 1. The molecule has 2 heterocycles. The summed E-state index contributed by atoms with van der Waals surface area (Å²) in [5.41, 5.74) is 1.79. The number of rotatable bonds is 3. The Morgan fingerprint density at radius 2 is 2.05 bits per heavy atom. The highest BCUT2D eigenvalue weighted by molar-refractivity contribution is 9.10. The predicted octanol–water partition coefficient (Wildman–Crippen LogP) is 3.83. The van der Waals surface area contributed by atoms with Gasteiger partial charge in [0.15, 0.2) is 10.8 Å². The van der Waals surface area contributed by atoms with Gasteiger partial charge in [0.05, 0.1) is 6.20 Å². The second kappa shape index (κ2) is 5.48. The molecule has 0 fully saturated rings. The molecule has 0 N–H and O–H groups in total. The van der Waals surface area contributed by atoms with E-state index in [0.717, 1.165) is 10.4 Å². The minimum Gasteiger partial charge on any atom is -0.238 e. The number of halogens is 2. The van der Waals surface area contributed by atoms with Gasteiger partial charge in [-0.25, -0.2) is 9.50 Å². The molecule has 0 unspecified atom stereocenters. The Kier molecular flexibility index (Phi) is 3.72. The summed E-state index contributed by atoms with van der Waals surface area (Å²) in [6, 6.07) is 10.2. The summed E-state index contributed by atoms with van der Waals surface area (Å²) >= 11 is 10.9. The van der Waals surface area contributed by atoms with Crippen molar-refractivity contribution in [1.29, 1.82) is 0 Å². The first-order valence-corrected chi connectivity index (χ1v) is 7.63. The Bertz CT molecular complexity index is 677. The second-order valence-electron chi connectivity index (χ2n) is 3.78. The van der Waals surface area contributed by atoms with Crippen molar-refractivity contribution in [1.82, 2.24) is 19.6 Å². The molecule has 1 aromatic carbocycles. The van der Waals surface area contributed by atoms with Crippen LogP contribution in [0.4, 0.5) is 0 Å². The van der Waals surface area contributed by atoms with Gasteiger partial charge < -0.3 is 0 Å². The fourth-order valence-corrected chi connectivity index (χ4v) is 2.88. The van der Waals surface area contributed by atoms with Crippen LogP contribution in [0.1, 0.15) is 5.56 Å². The summed E-state index contributed by atoms with van der Waals surface area (Å²) in [5.74, 6) is 0.820. The maximum absolute atomic E-state index is 5.99. The van der Waals surface area contributed by atoms with Crippen LogP contribution in [0.2, 0.25) is 5.15 Å². The maximum atomic E-state index is 5.99. The second-order valence-corrected chi connectivity index (χ2v) is 5.89. The van der Waals surface area contributed by atoms with Crippen molar-refractivity contribution in [2.24, 2.45) is 0 Å². The van der Waals surface area contributed by atoms with Crippen molar-refractivity contribution in [3.05, 3.63) is 51.8 Å². The number of fused-ring (bicyclic) bond motifs is 1. The van der Waals surface area contributed by atoms with Gasteiger partial charge in [0.2, 0.25) is 5.16 Å². The molecule has 96 valence electrons. The van der Waals surface area contributed by atoms with Crippen LogP contribution in [0.25, 0.3) is 5.65 Å². The van der Waals surface area contributed by atoms with Crippen LogP contribution in [0, 0.1) is 0 Å². The van der Waals surface area contributed by atoms with E-state index in [-0.39, 0.29) is 0 Å². The van der Waals surface area contributed by atoms with Crippen LogP contribution in [0.15, 0.2) is 46.3 Å². The highest BCUT2D eigenvalue weighted by atomic mass is 79.9. The first-order chi connectivity index (χ1) is 9.24. The van der Waals surface area contributed by atoms with Crippen LogP contribution < -0.4 is 0 Å². The molecule has 3 rings (SSSR count). The number of hydrogen-bond acceptors (Lipinski definition) is 4. The quantitative estimate of drug-likeness (QED) is 0.670. The molecule has 4 nitrogen and oxygen atoms in total.